The van der Waals surface area contributed by atoms with Gasteiger partial charge in [0, 0.05) is 17.3 Å². The highest BCUT2D eigenvalue weighted by molar-refractivity contribution is 8.13. The lowest BCUT2D eigenvalue weighted by molar-refractivity contribution is 0.100. The average Bonchev–Trinajstić information content (AvgIpc) is 2.45. The predicted molar refractivity (Wildman–Crippen MR) is 84.8 cm³/mol. The molecule has 1 aromatic carbocycles. The summed E-state index contributed by atoms with van der Waals surface area (Å²) in [5.74, 6) is 0.878. The summed E-state index contributed by atoms with van der Waals surface area (Å²) in [5, 5.41) is 0. The van der Waals surface area contributed by atoms with Gasteiger partial charge in [-0.1, -0.05) is 20.8 Å². The van der Waals surface area contributed by atoms with Crippen molar-refractivity contribution in [2.75, 3.05) is 19.8 Å². The first-order valence-electron chi connectivity index (χ1n) is 7.19. The molecule has 1 unspecified atom stereocenters. The highest BCUT2D eigenvalue weighted by atomic mass is 35.7. The number of hydrogen-bond acceptors (Lipinski definition) is 4. The van der Waals surface area contributed by atoms with Crippen LogP contribution in [0.4, 0.5) is 0 Å². The Morgan fingerprint density at radius 3 is 2.48 bits per heavy atom. The number of ether oxygens (including phenoxy) is 2. The van der Waals surface area contributed by atoms with Crippen LogP contribution >= 0.6 is 10.7 Å². The molecule has 1 aromatic rings. The van der Waals surface area contributed by atoms with Crippen LogP contribution in [0.15, 0.2) is 23.1 Å². The van der Waals surface area contributed by atoms with E-state index in [2.05, 4.69) is 0 Å². The molecule has 21 heavy (non-hydrogen) atoms. The summed E-state index contributed by atoms with van der Waals surface area (Å²) in [6.07, 6.45) is 1.86. The van der Waals surface area contributed by atoms with E-state index in [1.165, 1.54) is 6.07 Å². The maximum Gasteiger partial charge on any atom is 0.261 e. The average molecular weight is 335 g/mol. The van der Waals surface area contributed by atoms with Crippen LogP contribution in [-0.2, 0) is 13.8 Å². The van der Waals surface area contributed by atoms with Crippen LogP contribution < -0.4 is 4.74 Å². The smallest absolute Gasteiger partial charge is 0.261 e. The van der Waals surface area contributed by atoms with Gasteiger partial charge in [-0.3, -0.25) is 0 Å². The van der Waals surface area contributed by atoms with Crippen LogP contribution in [-0.4, -0.2) is 28.2 Å². The molecule has 0 spiro atoms. The van der Waals surface area contributed by atoms with Gasteiger partial charge < -0.3 is 9.47 Å². The molecule has 0 amide bonds. The molecule has 0 bridgehead atoms. The Labute approximate surface area is 131 Å². The normalized spacial score (nSPS) is 13.1. The van der Waals surface area contributed by atoms with E-state index >= 15 is 0 Å². The van der Waals surface area contributed by atoms with E-state index in [0.29, 0.717) is 25.6 Å². The molecule has 0 heterocycles. The van der Waals surface area contributed by atoms with Gasteiger partial charge in [-0.2, -0.15) is 0 Å². The molecule has 6 heteroatoms. The topological polar surface area (TPSA) is 52.6 Å². The van der Waals surface area contributed by atoms with Crippen molar-refractivity contribution >= 4 is 19.7 Å². The molecular weight excluding hydrogens is 312 g/mol. The Bertz CT molecular complexity index is 543. The zero-order valence-corrected chi connectivity index (χ0v) is 14.3. The van der Waals surface area contributed by atoms with Crippen LogP contribution in [0.1, 0.15) is 45.1 Å². The Morgan fingerprint density at radius 2 is 1.90 bits per heavy atom. The molecular formula is C15H23ClO4S. The molecule has 0 aliphatic rings. The highest BCUT2D eigenvalue weighted by Crippen LogP contribution is 2.32. The second-order valence-corrected chi connectivity index (χ2v) is 7.47. The highest BCUT2D eigenvalue weighted by Gasteiger charge is 2.16. The summed E-state index contributed by atoms with van der Waals surface area (Å²) < 4.78 is 34.0. The van der Waals surface area contributed by atoms with Gasteiger partial charge in [0.05, 0.1) is 11.5 Å². The van der Waals surface area contributed by atoms with Gasteiger partial charge in [-0.15, -0.1) is 0 Å². The van der Waals surface area contributed by atoms with Crippen molar-refractivity contribution in [2.45, 2.75) is 44.4 Å². The van der Waals surface area contributed by atoms with Crippen LogP contribution in [0, 0.1) is 0 Å². The quantitative estimate of drug-likeness (QED) is 0.507. The van der Waals surface area contributed by atoms with Crippen molar-refractivity contribution < 1.29 is 17.9 Å². The molecule has 0 fully saturated rings. The molecule has 1 rings (SSSR count). The van der Waals surface area contributed by atoms with E-state index in [9.17, 15) is 8.42 Å². The van der Waals surface area contributed by atoms with E-state index in [1.807, 2.05) is 20.8 Å². The SMILES string of the molecule is CCCOCCOc1ccc(S(=O)(=O)Cl)cc1C(C)CC. The lowest BCUT2D eigenvalue weighted by Crippen LogP contribution is -2.09. The van der Waals surface area contributed by atoms with Crippen LogP contribution in [0.5, 0.6) is 5.75 Å². The molecule has 4 nitrogen and oxygen atoms in total. The summed E-state index contributed by atoms with van der Waals surface area (Å²) in [6.45, 7) is 7.79. The fourth-order valence-electron chi connectivity index (χ4n) is 1.87. The fourth-order valence-corrected chi connectivity index (χ4v) is 2.66. The zero-order chi connectivity index (χ0) is 15.9. The Balaban J connectivity index is 2.87. The summed E-state index contributed by atoms with van der Waals surface area (Å²) in [4.78, 5) is 0.106. The van der Waals surface area contributed by atoms with Crippen molar-refractivity contribution in [3.05, 3.63) is 23.8 Å². The Hall–Kier alpha value is -0.780. The van der Waals surface area contributed by atoms with Crippen LogP contribution in [0.2, 0.25) is 0 Å². The standard InChI is InChI=1S/C15H23ClO4S/c1-4-8-19-9-10-20-15-7-6-13(21(16,17)18)11-14(15)12(3)5-2/h6-7,11-12H,4-5,8-10H2,1-3H3. The third-order valence-electron chi connectivity index (χ3n) is 3.24. The number of benzene rings is 1. The molecule has 0 radical (unpaired) electrons. The first kappa shape index (κ1) is 18.3. The van der Waals surface area contributed by atoms with Gasteiger partial charge in [0.2, 0.25) is 0 Å². The van der Waals surface area contributed by atoms with Crippen LogP contribution in [0.3, 0.4) is 0 Å². The first-order chi connectivity index (χ1) is 9.90. The predicted octanol–water partition coefficient (Wildman–Crippen LogP) is 3.93. The maximum atomic E-state index is 11.4. The summed E-state index contributed by atoms with van der Waals surface area (Å²) >= 11 is 0. The van der Waals surface area contributed by atoms with Gasteiger partial charge in [0.15, 0.2) is 0 Å². The van der Waals surface area contributed by atoms with Crippen molar-refractivity contribution in [1.29, 1.82) is 0 Å². The number of rotatable bonds is 9. The van der Waals surface area contributed by atoms with E-state index in [0.717, 1.165) is 18.4 Å². The number of hydrogen-bond donors (Lipinski definition) is 0. The fraction of sp³-hybridized carbons (Fsp3) is 0.600. The van der Waals surface area contributed by atoms with Gasteiger partial charge in [0.1, 0.15) is 12.4 Å². The van der Waals surface area contributed by atoms with Gasteiger partial charge >= 0.3 is 0 Å². The summed E-state index contributed by atoms with van der Waals surface area (Å²) in [6, 6.07) is 4.73. The van der Waals surface area contributed by atoms with Crippen molar-refractivity contribution in [2.24, 2.45) is 0 Å². The molecule has 0 aliphatic carbocycles. The second-order valence-electron chi connectivity index (χ2n) is 4.91. The largest absolute Gasteiger partial charge is 0.491 e. The minimum Gasteiger partial charge on any atom is -0.491 e. The second kappa shape index (κ2) is 8.61. The Morgan fingerprint density at radius 1 is 1.19 bits per heavy atom. The van der Waals surface area contributed by atoms with E-state index in [4.69, 9.17) is 20.2 Å². The lowest BCUT2D eigenvalue weighted by Gasteiger charge is -2.16. The maximum absolute atomic E-state index is 11.4. The third kappa shape index (κ3) is 5.85. The van der Waals surface area contributed by atoms with Gasteiger partial charge in [-0.25, -0.2) is 8.42 Å². The molecule has 120 valence electrons. The third-order valence-corrected chi connectivity index (χ3v) is 4.59. The molecule has 0 saturated carbocycles. The van der Waals surface area contributed by atoms with Crippen molar-refractivity contribution in [3.8, 4) is 5.75 Å². The Kier molecular flexibility index (Phi) is 7.49. The van der Waals surface area contributed by atoms with Gasteiger partial charge in [0.25, 0.3) is 9.05 Å². The summed E-state index contributed by atoms with van der Waals surface area (Å²) in [7, 11) is 1.68. The van der Waals surface area contributed by atoms with Crippen LogP contribution in [0.25, 0.3) is 0 Å². The molecule has 0 N–H and O–H groups in total. The number of halogens is 1. The van der Waals surface area contributed by atoms with E-state index in [-0.39, 0.29) is 10.8 Å². The molecule has 0 aromatic heterocycles. The van der Waals surface area contributed by atoms with E-state index in [1.54, 1.807) is 12.1 Å². The summed E-state index contributed by atoms with van der Waals surface area (Å²) in [5.41, 5.74) is 0.856. The zero-order valence-electron chi connectivity index (χ0n) is 12.8. The first-order valence-corrected chi connectivity index (χ1v) is 9.50. The van der Waals surface area contributed by atoms with Gasteiger partial charge in [-0.05, 0) is 42.5 Å². The van der Waals surface area contributed by atoms with Crippen molar-refractivity contribution in [3.63, 3.8) is 0 Å². The molecule has 0 aliphatic heterocycles. The monoisotopic (exact) mass is 334 g/mol. The van der Waals surface area contributed by atoms with E-state index < -0.39 is 9.05 Å². The minimum absolute atomic E-state index is 0.106. The molecule has 0 saturated heterocycles. The van der Waals surface area contributed by atoms with Crippen molar-refractivity contribution in [1.82, 2.24) is 0 Å². The minimum atomic E-state index is -3.72. The lowest BCUT2D eigenvalue weighted by atomic mass is 9.98. The molecule has 1 atom stereocenters.